The van der Waals surface area contributed by atoms with Gasteiger partial charge in [0.05, 0.1) is 39.6 Å². The van der Waals surface area contributed by atoms with Gasteiger partial charge in [0.15, 0.2) is 28.8 Å². The highest BCUT2D eigenvalue weighted by Crippen LogP contribution is 2.40. The zero-order chi connectivity index (χ0) is 22.1. The number of benzene rings is 3. The molecule has 0 atom stereocenters. The highest BCUT2D eigenvalue weighted by molar-refractivity contribution is 5.85. The van der Waals surface area contributed by atoms with Crippen molar-refractivity contribution in [2.45, 2.75) is 0 Å². The normalized spacial score (nSPS) is 10.9. The number of aromatic hydroxyl groups is 1. The third-order valence-corrected chi connectivity index (χ3v) is 5.04. The maximum absolute atomic E-state index is 14.9. The van der Waals surface area contributed by atoms with Crippen molar-refractivity contribution in [3.8, 4) is 45.6 Å². The van der Waals surface area contributed by atoms with Crippen molar-refractivity contribution in [1.82, 2.24) is 9.55 Å². The van der Waals surface area contributed by atoms with Gasteiger partial charge in [0, 0.05) is 12.1 Å². The number of fused-ring (bicyclic) bond motifs is 1. The van der Waals surface area contributed by atoms with Gasteiger partial charge in [-0.05, 0) is 35.4 Å². The minimum Gasteiger partial charge on any atom is -0.504 e. The van der Waals surface area contributed by atoms with E-state index in [0.29, 0.717) is 45.3 Å². The minimum atomic E-state index is -0.478. The van der Waals surface area contributed by atoms with Gasteiger partial charge in [-0.15, -0.1) is 0 Å². The van der Waals surface area contributed by atoms with E-state index in [1.54, 1.807) is 34.9 Å². The van der Waals surface area contributed by atoms with E-state index in [1.807, 2.05) is 0 Å². The van der Waals surface area contributed by atoms with Crippen LogP contribution in [0, 0.1) is 5.82 Å². The Hall–Kier alpha value is -3.94. The molecule has 0 aliphatic carbocycles. The molecule has 1 N–H and O–H groups in total. The van der Waals surface area contributed by atoms with Gasteiger partial charge in [-0.1, -0.05) is 6.07 Å². The molecule has 0 spiro atoms. The smallest absolute Gasteiger partial charge is 0.203 e. The number of phenols is 1. The van der Waals surface area contributed by atoms with Gasteiger partial charge >= 0.3 is 0 Å². The summed E-state index contributed by atoms with van der Waals surface area (Å²) in [5.41, 5.74) is 2.63. The van der Waals surface area contributed by atoms with Crippen LogP contribution in [0.1, 0.15) is 0 Å². The summed E-state index contributed by atoms with van der Waals surface area (Å²) in [5, 5.41) is 10.1. The zero-order valence-electron chi connectivity index (χ0n) is 17.5. The third-order valence-electron chi connectivity index (χ3n) is 5.04. The van der Waals surface area contributed by atoms with Crippen molar-refractivity contribution in [2.75, 3.05) is 28.4 Å². The van der Waals surface area contributed by atoms with Crippen LogP contribution in [0.3, 0.4) is 0 Å². The molecular weight excluding hydrogens is 403 g/mol. The Labute approximate surface area is 178 Å². The number of halogens is 1. The predicted molar refractivity (Wildman–Crippen MR) is 114 cm³/mol. The molecule has 0 radical (unpaired) electrons. The Kier molecular flexibility index (Phi) is 5.29. The first kappa shape index (κ1) is 20.3. The van der Waals surface area contributed by atoms with Gasteiger partial charge in [-0.2, -0.15) is 0 Å². The molecule has 31 heavy (non-hydrogen) atoms. The average Bonchev–Trinajstić information content (AvgIpc) is 3.22. The average molecular weight is 424 g/mol. The third kappa shape index (κ3) is 3.46. The Morgan fingerprint density at radius 2 is 1.48 bits per heavy atom. The largest absolute Gasteiger partial charge is 0.504 e. The number of rotatable bonds is 6. The first-order valence-corrected chi connectivity index (χ1v) is 9.35. The number of phenolic OH excluding ortho intramolecular Hbond substituents is 1. The number of aromatic nitrogens is 2. The van der Waals surface area contributed by atoms with Gasteiger partial charge in [-0.3, -0.25) is 4.57 Å². The topological polar surface area (TPSA) is 75.0 Å². The van der Waals surface area contributed by atoms with Crippen molar-refractivity contribution in [2.24, 2.45) is 0 Å². The van der Waals surface area contributed by atoms with Gasteiger partial charge in [0.25, 0.3) is 0 Å². The molecule has 0 unspecified atom stereocenters. The molecule has 4 aromatic rings. The lowest BCUT2D eigenvalue weighted by molar-refractivity contribution is 0.324. The van der Waals surface area contributed by atoms with Crippen molar-refractivity contribution >= 4 is 11.0 Å². The molecule has 0 fully saturated rings. The molecule has 1 heterocycles. The molecule has 0 amide bonds. The van der Waals surface area contributed by atoms with Crippen LogP contribution in [0.2, 0.25) is 0 Å². The molecule has 0 aliphatic rings. The number of hydrogen-bond acceptors (Lipinski definition) is 6. The van der Waals surface area contributed by atoms with Crippen LogP contribution in [-0.4, -0.2) is 43.1 Å². The molecule has 1 aromatic heterocycles. The Balaban J connectivity index is 1.90. The monoisotopic (exact) mass is 424 g/mol. The maximum atomic E-state index is 14.9. The Bertz CT molecular complexity index is 1240. The van der Waals surface area contributed by atoms with Crippen LogP contribution < -0.4 is 18.9 Å². The lowest BCUT2D eigenvalue weighted by atomic mass is 10.0. The number of nitrogens with zero attached hydrogens (tertiary/aromatic N) is 2. The maximum Gasteiger partial charge on any atom is 0.203 e. The van der Waals surface area contributed by atoms with Gasteiger partial charge < -0.3 is 24.1 Å². The first-order valence-electron chi connectivity index (χ1n) is 9.35. The van der Waals surface area contributed by atoms with Crippen LogP contribution in [-0.2, 0) is 0 Å². The zero-order valence-corrected chi connectivity index (χ0v) is 17.5. The molecule has 4 rings (SSSR count). The molecule has 0 saturated heterocycles. The molecule has 0 aliphatic heterocycles. The quantitative estimate of drug-likeness (QED) is 0.489. The summed E-state index contributed by atoms with van der Waals surface area (Å²) >= 11 is 0. The molecule has 0 bridgehead atoms. The van der Waals surface area contributed by atoms with Crippen molar-refractivity contribution in [3.63, 3.8) is 0 Å². The summed E-state index contributed by atoms with van der Waals surface area (Å²) in [6, 6.07) is 11.6. The lowest BCUT2D eigenvalue weighted by Gasteiger charge is -2.15. The first-order chi connectivity index (χ1) is 15.0. The fourth-order valence-electron chi connectivity index (χ4n) is 3.52. The summed E-state index contributed by atoms with van der Waals surface area (Å²) in [6.45, 7) is 0. The number of hydrogen-bond donors (Lipinski definition) is 1. The lowest BCUT2D eigenvalue weighted by Crippen LogP contribution is -1.99. The van der Waals surface area contributed by atoms with E-state index in [4.69, 9.17) is 18.9 Å². The van der Waals surface area contributed by atoms with Crippen molar-refractivity contribution in [3.05, 3.63) is 54.6 Å². The van der Waals surface area contributed by atoms with Crippen LogP contribution in [0.4, 0.5) is 4.39 Å². The Morgan fingerprint density at radius 3 is 2.06 bits per heavy atom. The fraction of sp³-hybridized carbons (Fsp3) is 0.174. The van der Waals surface area contributed by atoms with E-state index in [2.05, 4.69) is 4.98 Å². The van der Waals surface area contributed by atoms with E-state index in [0.717, 1.165) is 0 Å². The van der Waals surface area contributed by atoms with E-state index >= 15 is 0 Å². The molecule has 3 aromatic carbocycles. The van der Waals surface area contributed by atoms with E-state index in [9.17, 15) is 9.50 Å². The van der Waals surface area contributed by atoms with Crippen molar-refractivity contribution < 1.29 is 28.4 Å². The second-order valence-electron chi connectivity index (χ2n) is 6.71. The SMILES string of the molecule is COc1ccc(-c2cc(F)c3ncn(-c4cc(OC)c(OC)c(OC)c4)c3c2)cc1O. The summed E-state index contributed by atoms with van der Waals surface area (Å²) < 4.78 is 37.9. The van der Waals surface area contributed by atoms with Gasteiger partial charge in [0.2, 0.25) is 5.75 Å². The van der Waals surface area contributed by atoms with Gasteiger partial charge in [-0.25, -0.2) is 9.37 Å². The van der Waals surface area contributed by atoms with E-state index < -0.39 is 5.82 Å². The van der Waals surface area contributed by atoms with Crippen LogP contribution >= 0.6 is 0 Å². The van der Waals surface area contributed by atoms with Crippen LogP contribution in [0.25, 0.3) is 27.8 Å². The van der Waals surface area contributed by atoms with E-state index in [1.165, 1.54) is 46.9 Å². The standard InChI is InChI=1S/C23H21FN2O5/c1-28-19-6-5-13(9-18(19)27)14-7-16(24)22-17(8-14)26(12-25-22)15-10-20(29-2)23(31-4)21(11-15)30-3/h5-12,27H,1-4H3. The molecular formula is C23H21FN2O5. The number of methoxy groups -OCH3 is 4. The number of imidazole rings is 1. The van der Waals surface area contributed by atoms with E-state index in [-0.39, 0.29) is 11.3 Å². The minimum absolute atomic E-state index is 0.0290. The Morgan fingerprint density at radius 1 is 0.806 bits per heavy atom. The van der Waals surface area contributed by atoms with Crippen LogP contribution in [0.15, 0.2) is 48.8 Å². The summed E-state index contributed by atoms with van der Waals surface area (Å²) in [7, 11) is 6.05. The highest BCUT2D eigenvalue weighted by Gasteiger charge is 2.17. The van der Waals surface area contributed by atoms with Crippen LogP contribution in [0.5, 0.6) is 28.7 Å². The molecule has 160 valence electrons. The van der Waals surface area contributed by atoms with Crippen molar-refractivity contribution in [1.29, 1.82) is 0 Å². The summed E-state index contributed by atoms with van der Waals surface area (Å²) in [4.78, 5) is 4.23. The fourth-order valence-corrected chi connectivity index (χ4v) is 3.52. The van der Waals surface area contributed by atoms with Gasteiger partial charge in [0.1, 0.15) is 11.8 Å². The predicted octanol–water partition coefficient (Wildman–Crippen LogP) is 4.57. The summed E-state index contributed by atoms with van der Waals surface area (Å²) in [5.74, 6) is 1.23. The second-order valence-corrected chi connectivity index (χ2v) is 6.71. The molecule has 7 nitrogen and oxygen atoms in total. The highest BCUT2D eigenvalue weighted by atomic mass is 19.1. The number of ether oxygens (including phenoxy) is 4. The molecule has 8 heteroatoms. The summed E-state index contributed by atoms with van der Waals surface area (Å²) in [6.07, 6.45) is 1.53. The molecule has 0 saturated carbocycles. The second kappa shape index (κ2) is 8.06.